The largest absolute Gasteiger partial charge is 0.394 e. The Morgan fingerprint density at radius 3 is 2.06 bits per heavy atom. The number of fused-ring (bicyclic) bond motifs is 5. The second-order valence-corrected chi connectivity index (χ2v) is 19.9. The number of hydrogen-bond acceptors (Lipinski definition) is 18. The highest BCUT2D eigenvalue weighted by atomic mass is 16.8. The zero-order valence-electron chi connectivity index (χ0n) is 36.8. The smallest absolute Gasteiger partial charge is 0.187 e. The number of hydrogen-bond donors (Lipinski definition) is 10. The maximum Gasteiger partial charge on any atom is 0.187 e. The highest BCUT2D eigenvalue weighted by Gasteiger charge is 2.60. The molecule has 0 radical (unpaired) electrons. The van der Waals surface area contributed by atoms with E-state index in [1.165, 1.54) is 12.5 Å². The van der Waals surface area contributed by atoms with E-state index in [-0.39, 0.29) is 53.7 Å². The normalized spacial score (nSPS) is 49.0. The lowest BCUT2D eigenvalue weighted by Crippen LogP contribution is -2.64. The first-order chi connectivity index (χ1) is 29.7. The van der Waals surface area contributed by atoms with Gasteiger partial charge in [0.15, 0.2) is 30.4 Å². The Kier molecular flexibility index (Phi) is 15.1. The molecule has 0 amide bonds. The molecule has 0 spiro atoms. The van der Waals surface area contributed by atoms with Gasteiger partial charge in [-0.25, -0.2) is 0 Å². The van der Waals surface area contributed by atoms with Crippen molar-refractivity contribution in [2.24, 2.45) is 34.5 Å². The molecule has 7 aliphatic rings. The second kappa shape index (κ2) is 19.4. The van der Waals surface area contributed by atoms with Crippen molar-refractivity contribution in [2.75, 3.05) is 19.8 Å². The molecule has 0 aromatic rings. The first-order valence-corrected chi connectivity index (χ1v) is 22.8. The fourth-order valence-corrected chi connectivity index (χ4v) is 12.0. The van der Waals surface area contributed by atoms with Crippen LogP contribution >= 0.6 is 0 Å². The monoisotopic (exact) mass is 898 g/mol. The molecule has 358 valence electrons. The second-order valence-electron chi connectivity index (χ2n) is 19.9. The zero-order chi connectivity index (χ0) is 45.9. The van der Waals surface area contributed by atoms with E-state index < -0.39 is 117 Å². The van der Waals surface area contributed by atoms with Crippen molar-refractivity contribution in [2.45, 2.75) is 191 Å². The van der Waals surface area contributed by atoms with E-state index in [1.54, 1.807) is 6.92 Å². The predicted octanol–water partition coefficient (Wildman–Crippen LogP) is -0.716. The van der Waals surface area contributed by atoms with Gasteiger partial charge in [-0.1, -0.05) is 32.4 Å². The number of Topliss-reactive ketones (excluding diaryl/α,β-unsaturated/α-hetero) is 2. The summed E-state index contributed by atoms with van der Waals surface area (Å²) in [6.45, 7) is 8.48. The molecule has 22 atom stereocenters. The van der Waals surface area contributed by atoms with Gasteiger partial charge in [-0.3, -0.25) is 9.59 Å². The number of ether oxygens (including phenoxy) is 6. The summed E-state index contributed by atoms with van der Waals surface area (Å²) in [4.78, 5) is 27.7. The van der Waals surface area contributed by atoms with Gasteiger partial charge in [-0.2, -0.15) is 0 Å². The summed E-state index contributed by atoms with van der Waals surface area (Å²) >= 11 is 0. The van der Waals surface area contributed by atoms with Crippen LogP contribution < -0.4 is 0 Å². The molecule has 0 unspecified atom stereocenters. The van der Waals surface area contributed by atoms with Crippen molar-refractivity contribution in [1.29, 1.82) is 0 Å². The van der Waals surface area contributed by atoms with Crippen LogP contribution in [-0.2, 0) is 38.0 Å². The SMILES string of the molecule is CC(C(=O)CC[C@@H](C)CO[C@@H]1O[C@H](CO)[C@@H](O)[C@H](O)[C@H]1O)=C1C(=O)C[C@H]2[C@@H]3CC=C4C[C@@H](O[C@@H]5O[C@H](CO)[C@@H](O)[C@H](O)[C@H]5O[C@@H]5O[C@@H](C)[C@H](O)[C@@H](O)[C@H]5O)CC[C@]4(C)[C@H]3CC[C@]12C. The van der Waals surface area contributed by atoms with Crippen LogP contribution in [0.4, 0.5) is 0 Å². The lowest BCUT2D eigenvalue weighted by Gasteiger charge is -2.57. The molecule has 0 aromatic heterocycles. The molecule has 3 heterocycles. The minimum absolute atomic E-state index is 0.0223. The van der Waals surface area contributed by atoms with Crippen LogP contribution in [0.2, 0.25) is 0 Å². The van der Waals surface area contributed by atoms with Gasteiger partial charge in [0.2, 0.25) is 0 Å². The van der Waals surface area contributed by atoms with E-state index in [2.05, 4.69) is 19.9 Å². The highest BCUT2D eigenvalue weighted by Crippen LogP contribution is 2.66. The lowest BCUT2D eigenvalue weighted by atomic mass is 9.47. The van der Waals surface area contributed by atoms with Gasteiger partial charge in [-0.05, 0) is 98.9 Å². The summed E-state index contributed by atoms with van der Waals surface area (Å²) < 4.78 is 35.1. The Bertz CT molecular complexity index is 1700. The molecule has 3 saturated heterocycles. The van der Waals surface area contributed by atoms with E-state index in [0.29, 0.717) is 36.8 Å². The minimum atomic E-state index is -1.67. The average molecular weight is 899 g/mol. The van der Waals surface area contributed by atoms with Crippen LogP contribution in [0.25, 0.3) is 0 Å². The van der Waals surface area contributed by atoms with Crippen LogP contribution in [0.15, 0.2) is 22.8 Å². The molecular weight excluding hydrogens is 828 g/mol. The standard InChI is InChI=1S/C45H70O18/c1-19(18-58-41-38(56)36(54)33(51)29(16-46)61-41)6-9-27(48)20(2)31-28(49)15-26-24-8-7-22-14-23(10-12-44(22,4)25(24)11-13-45(26,31)5)60-43-40(37(55)34(52)30(17-47)62-43)63-42-39(57)35(53)32(50)21(3)59-42/h7,19,21,23-26,29-30,32-43,46-47,50-57H,6,8-18H2,1-5H3/t19-,21+,23+,24-,25+,26+,29-,30-,32+,33-,34-,35-,36+,37+,38-,39-,40-,41-,42+,43-,44+,45+/m1/s1. The number of carbonyl (C=O) groups is 2. The molecule has 18 nitrogen and oxygen atoms in total. The first kappa shape index (κ1) is 49.1. The quantitative estimate of drug-likeness (QED) is 0.0807. The third-order valence-electron chi connectivity index (χ3n) is 16.0. The van der Waals surface area contributed by atoms with Crippen molar-refractivity contribution in [3.05, 3.63) is 22.8 Å². The summed E-state index contributed by atoms with van der Waals surface area (Å²) in [6.07, 6.45) is -13.8. The molecule has 18 heteroatoms. The van der Waals surface area contributed by atoms with Crippen molar-refractivity contribution < 1.29 is 89.1 Å². The third kappa shape index (κ3) is 9.15. The molecule has 6 fully saturated rings. The third-order valence-corrected chi connectivity index (χ3v) is 16.0. The molecule has 7 rings (SSSR count). The van der Waals surface area contributed by atoms with Crippen molar-refractivity contribution >= 4 is 11.6 Å². The van der Waals surface area contributed by atoms with Gasteiger partial charge in [-0.15, -0.1) is 0 Å². The van der Waals surface area contributed by atoms with Crippen LogP contribution in [0.5, 0.6) is 0 Å². The molecule has 0 aromatic carbocycles. The van der Waals surface area contributed by atoms with E-state index in [4.69, 9.17) is 28.4 Å². The number of allylic oxidation sites excluding steroid dienone is 3. The summed E-state index contributed by atoms with van der Waals surface area (Å²) in [7, 11) is 0. The molecule has 10 N–H and O–H groups in total. The summed E-state index contributed by atoms with van der Waals surface area (Å²) in [5.74, 6) is 0.340. The fraction of sp³-hybridized carbons (Fsp3) is 0.867. The Morgan fingerprint density at radius 1 is 0.762 bits per heavy atom. The Hall–Kier alpha value is -1.82. The lowest BCUT2D eigenvalue weighted by molar-refractivity contribution is -0.369. The van der Waals surface area contributed by atoms with E-state index >= 15 is 0 Å². The van der Waals surface area contributed by atoms with Gasteiger partial charge in [0, 0.05) is 18.4 Å². The van der Waals surface area contributed by atoms with Crippen molar-refractivity contribution in [3.8, 4) is 0 Å². The van der Waals surface area contributed by atoms with Crippen LogP contribution in [0, 0.1) is 34.5 Å². The number of rotatable bonds is 13. The van der Waals surface area contributed by atoms with Gasteiger partial charge < -0.3 is 79.5 Å². The van der Waals surface area contributed by atoms with E-state index in [1.807, 2.05) is 6.92 Å². The molecule has 3 aliphatic heterocycles. The van der Waals surface area contributed by atoms with Gasteiger partial charge in [0.25, 0.3) is 0 Å². The van der Waals surface area contributed by atoms with Crippen LogP contribution in [0.1, 0.15) is 92.4 Å². The van der Waals surface area contributed by atoms with Crippen molar-refractivity contribution in [1.82, 2.24) is 0 Å². The van der Waals surface area contributed by atoms with E-state index in [0.717, 1.165) is 25.7 Å². The summed E-state index contributed by atoms with van der Waals surface area (Å²) in [6, 6.07) is 0. The fourth-order valence-electron chi connectivity index (χ4n) is 12.0. The molecule has 3 saturated carbocycles. The maximum absolute atomic E-state index is 13.9. The van der Waals surface area contributed by atoms with Crippen molar-refractivity contribution in [3.63, 3.8) is 0 Å². The van der Waals surface area contributed by atoms with Crippen LogP contribution in [0.3, 0.4) is 0 Å². The van der Waals surface area contributed by atoms with Gasteiger partial charge in [0.05, 0.1) is 32.0 Å². The Morgan fingerprint density at radius 2 is 1.38 bits per heavy atom. The van der Waals surface area contributed by atoms with Gasteiger partial charge in [0.1, 0.15) is 67.1 Å². The molecule has 63 heavy (non-hydrogen) atoms. The number of ketones is 2. The van der Waals surface area contributed by atoms with Gasteiger partial charge >= 0.3 is 0 Å². The summed E-state index contributed by atoms with van der Waals surface area (Å²) in [5.41, 5.74) is 1.73. The Labute approximate surface area is 367 Å². The number of aliphatic hydroxyl groups is 10. The molecule has 0 bridgehead atoms. The number of carbonyl (C=O) groups excluding carboxylic acids is 2. The summed E-state index contributed by atoms with van der Waals surface area (Å²) in [5, 5.41) is 103. The maximum atomic E-state index is 13.9. The first-order valence-electron chi connectivity index (χ1n) is 22.8. The molecular formula is C45H70O18. The number of aliphatic hydroxyl groups excluding tert-OH is 10. The zero-order valence-corrected chi connectivity index (χ0v) is 36.8. The predicted molar refractivity (Wildman–Crippen MR) is 218 cm³/mol. The van der Waals surface area contributed by atoms with Crippen LogP contribution in [-0.4, -0.2) is 181 Å². The van der Waals surface area contributed by atoms with E-state index in [9.17, 15) is 60.7 Å². The minimum Gasteiger partial charge on any atom is -0.394 e. The highest BCUT2D eigenvalue weighted by molar-refractivity contribution is 6.08. The Balaban J connectivity index is 0.985. The topological polar surface area (TPSA) is 292 Å². The average Bonchev–Trinajstić information content (AvgIpc) is 3.54. The molecule has 4 aliphatic carbocycles.